The van der Waals surface area contributed by atoms with Crippen LogP contribution in [0.4, 0.5) is 4.39 Å². The van der Waals surface area contributed by atoms with E-state index in [0.717, 1.165) is 18.4 Å². The Bertz CT molecular complexity index is 612. The summed E-state index contributed by atoms with van der Waals surface area (Å²) in [6.45, 7) is 2.14. The topological polar surface area (TPSA) is 43.1 Å². The summed E-state index contributed by atoms with van der Waals surface area (Å²) in [7, 11) is -1.43. The maximum atomic E-state index is 13.6. The molecule has 2 aromatic rings. The summed E-state index contributed by atoms with van der Waals surface area (Å²) in [4.78, 5) is 0.218. The van der Waals surface area contributed by atoms with Crippen LogP contribution in [0.15, 0.2) is 53.4 Å². The Balaban J connectivity index is 2.05. The SMILES string of the molecule is CCCc1ccc(C(N)CS(=O)c2ccccc2F)cc1. The average Bonchev–Trinajstić information content (AvgIpc) is 2.48. The van der Waals surface area contributed by atoms with E-state index in [2.05, 4.69) is 6.92 Å². The third-order valence-corrected chi connectivity index (χ3v) is 4.84. The van der Waals surface area contributed by atoms with E-state index in [0.29, 0.717) is 0 Å². The van der Waals surface area contributed by atoms with Crippen molar-refractivity contribution in [2.24, 2.45) is 5.73 Å². The van der Waals surface area contributed by atoms with Crippen molar-refractivity contribution in [3.63, 3.8) is 0 Å². The van der Waals surface area contributed by atoms with Crippen molar-refractivity contribution in [1.82, 2.24) is 0 Å². The fraction of sp³-hybridized carbons (Fsp3) is 0.294. The van der Waals surface area contributed by atoms with Gasteiger partial charge in [-0.3, -0.25) is 4.21 Å². The number of hydrogen-bond donors (Lipinski definition) is 1. The molecular weight excluding hydrogens is 285 g/mol. The first kappa shape index (κ1) is 15.9. The maximum Gasteiger partial charge on any atom is 0.139 e. The Hall–Kier alpha value is -1.52. The molecule has 112 valence electrons. The van der Waals surface area contributed by atoms with Gasteiger partial charge < -0.3 is 5.73 Å². The van der Waals surface area contributed by atoms with Crippen LogP contribution in [0.5, 0.6) is 0 Å². The Morgan fingerprint density at radius 1 is 1.14 bits per heavy atom. The van der Waals surface area contributed by atoms with E-state index >= 15 is 0 Å². The highest BCUT2D eigenvalue weighted by Crippen LogP contribution is 2.18. The van der Waals surface area contributed by atoms with E-state index in [1.165, 1.54) is 11.6 Å². The average molecular weight is 305 g/mol. The second kappa shape index (κ2) is 7.48. The van der Waals surface area contributed by atoms with Gasteiger partial charge in [-0.15, -0.1) is 0 Å². The zero-order valence-corrected chi connectivity index (χ0v) is 12.9. The van der Waals surface area contributed by atoms with Crippen molar-refractivity contribution >= 4 is 10.8 Å². The lowest BCUT2D eigenvalue weighted by Crippen LogP contribution is -2.18. The minimum absolute atomic E-state index is 0.216. The number of halogens is 1. The number of hydrogen-bond acceptors (Lipinski definition) is 2. The molecule has 4 heteroatoms. The largest absolute Gasteiger partial charge is 0.323 e. The first-order valence-corrected chi connectivity index (χ1v) is 8.41. The molecule has 0 bridgehead atoms. The highest BCUT2D eigenvalue weighted by molar-refractivity contribution is 7.85. The second-order valence-electron chi connectivity index (χ2n) is 5.04. The molecule has 2 unspecified atom stereocenters. The third kappa shape index (κ3) is 4.22. The summed E-state index contributed by atoms with van der Waals surface area (Å²) >= 11 is 0. The van der Waals surface area contributed by atoms with E-state index in [1.54, 1.807) is 18.2 Å². The summed E-state index contributed by atoms with van der Waals surface area (Å²) in [5.41, 5.74) is 8.29. The maximum absolute atomic E-state index is 13.6. The first-order chi connectivity index (χ1) is 10.1. The summed E-state index contributed by atoms with van der Waals surface area (Å²) in [5.74, 6) is -0.227. The minimum atomic E-state index is -1.43. The van der Waals surface area contributed by atoms with Crippen LogP contribution in [0.25, 0.3) is 0 Å². The van der Waals surface area contributed by atoms with E-state index in [1.807, 2.05) is 24.3 Å². The fourth-order valence-electron chi connectivity index (χ4n) is 2.20. The Morgan fingerprint density at radius 3 is 2.43 bits per heavy atom. The summed E-state index contributed by atoms with van der Waals surface area (Å²) in [5, 5.41) is 0. The van der Waals surface area contributed by atoms with Crippen LogP contribution in [0, 0.1) is 5.82 Å². The molecule has 0 aliphatic heterocycles. The molecule has 2 atom stereocenters. The zero-order chi connectivity index (χ0) is 15.2. The van der Waals surface area contributed by atoms with Crippen molar-refractivity contribution in [1.29, 1.82) is 0 Å². The monoisotopic (exact) mass is 305 g/mol. The van der Waals surface area contributed by atoms with Gasteiger partial charge in [0.2, 0.25) is 0 Å². The van der Waals surface area contributed by atoms with Crippen LogP contribution in [-0.2, 0) is 17.2 Å². The van der Waals surface area contributed by atoms with Gasteiger partial charge in [-0.1, -0.05) is 49.7 Å². The molecule has 21 heavy (non-hydrogen) atoms. The Kier molecular flexibility index (Phi) is 5.65. The summed E-state index contributed by atoms with van der Waals surface area (Å²) in [6.07, 6.45) is 2.14. The van der Waals surface area contributed by atoms with Gasteiger partial charge in [0.05, 0.1) is 15.7 Å². The van der Waals surface area contributed by atoms with Crippen LogP contribution in [0.2, 0.25) is 0 Å². The van der Waals surface area contributed by atoms with Gasteiger partial charge in [-0.05, 0) is 29.7 Å². The molecule has 0 aromatic heterocycles. The minimum Gasteiger partial charge on any atom is -0.323 e. The molecule has 0 heterocycles. The normalized spacial score (nSPS) is 13.9. The van der Waals surface area contributed by atoms with Crippen LogP contribution < -0.4 is 5.73 Å². The van der Waals surface area contributed by atoms with Gasteiger partial charge in [0, 0.05) is 11.8 Å². The van der Waals surface area contributed by atoms with Crippen molar-refractivity contribution in [3.05, 3.63) is 65.5 Å². The lowest BCUT2D eigenvalue weighted by Gasteiger charge is -2.13. The van der Waals surface area contributed by atoms with Crippen molar-refractivity contribution in [3.8, 4) is 0 Å². The van der Waals surface area contributed by atoms with Crippen LogP contribution >= 0.6 is 0 Å². The molecule has 2 rings (SSSR count). The van der Waals surface area contributed by atoms with Gasteiger partial charge in [-0.2, -0.15) is 0 Å². The van der Waals surface area contributed by atoms with Crippen LogP contribution in [0.1, 0.15) is 30.5 Å². The highest BCUT2D eigenvalue weighted by atomic mass is 32.2. The van der Waals surface area contributed by atoms with E-state index < -0.39 is 16.6 Å². The van der Waals surface area contributed by atoms with Crippen LogP contribution in [0.3, 0.4) is 0 Å². The molecule has 0 spiro atoms. The predicted molar refractivity (Wildman–Crippen MR) is 85.0 cm³/mol. The molecule has 0 radical (unpaired) electrons. The van der Waals surface area contributed by atoms with Gasteiger partial charge >= 0.3 is 0 Å². The van der Waals surface area contributed by atoms with E-state index in [-0.39, 0.29) is 16.7 Å². The van der Waals surface area contributed by atoms with Gasteiger partial charge in [0.25, 0.3) is 0 Å². The van der Waals surface area contributed by atoms with E-state index in [4.69, 9.17) is 5.73 Å². The molecule has 2 aromatic carbocycles. The highest BCUT2D eigenvalue weighted by Gasteiger charge is 2.15. The number of benzene rings is 2. The molecule has 0 saturated heterocycles. The molecular formula is C17H20FNOS. The van der Waals surface area contributed by atoms with Gasteiger partial charge in [0.15, 0.2) is 0 Å². The lowest BCUT2D eigenvalue weighted by atomic mass is 10.0. The van der Waals surface area contributed by atoms with Crippen molar-refractivity contribution in [2.45, 2.75) is 30.7 Å². The number of aryl methyl sites for hydroxylation is 1. The molecule has 2 N–H and O–H groups in total. The molecule has 0 aliphatic rings. The smallest absolute Gasteiger partial charge is 0.139 e. The van der Waals surface area contributed by atoms with Crippen LogP contribution in [-0.4, -0.2) is 9.96 Å². The third-order valence-electron chi connectivity index (χ3n) is 3.36. The molecule has 0 aliphatic carbocycles. The standard InChI is InChI=1S/C17H20FNOS/c1-2-5-13-8-10-14(11-9-13)16(19)12-21(20)17-7-4-3-6-15(17)18/h3-4,6-11,16H,2,5,12,19H2,1H3. The van der Waals surface area contributed by atoms with E-state index in [9.17, 15) is 8.60 Å². The van der Waals surface area contributed by atoms with Gasteiger partial charge in [0.1, 0.15) is 5.82 Å². The summed E-state index contributed by atoms with van der Waals surface area (Å²) < 4.78 is 25.8. The zero-order valence-electron chi connectivity index (χ0n) is 12.1. The second-order valence-corrected chi connectivity index (χ2v) is 6.50. The lowest BCUT2D eigenvalue weighted by molar-refractivity contribution is 0.594. The molecule has 2 nitrogen and oxygen atoms in total. The van der Waals surface area contributed by atoms with Crippen molar-refractivity contribution < 1.29 is 8.60 Å². The molecule has 0 amide bonds. The number of rotatable bonds is 6. The predicted octanol–water partition coefficient (Wildman–Crippen LogP) is 3.59. The number of nitrogens with two attached hydrogens (primary N) is 1. The molecule has 0 fully saturated rings. The quantitative estimate of drug-likeness (QED) is 0.886. The van der Waals surface area contributed by atoms with Gasteiger partial charge in [-0.25, -0.2) is 4.39 Å². The summed E-state index contributed by atoms with van der Waals surface area (Å²) in [6, 6.07) is 13.8. The fourth-order valence-corrected chi connectivity index (χ4v) is 3.41. The van der Waals surface area contributed by atoms with Crippen molar-refractivity contribution in [2.75, 3.05) is 5.75 Å². The first-order valence-electron chi connectivity index (χ1n) is 7.09. The Morgan fingerprint density at radius 2 is 1.81 bits per heavy atom. The molecule has 0 saturated carbocycles. The Labute approximate surface area is 127 Å².